The zero-order valence-corrected chi connectivity index (χ0v) is 13.5. The molecule has 0 aromatic carbocycles. The second-order valence-electron chi connectivity index (χ2n) is 5.62. The first kappa shape index (κ1) is 16.9. The number of hydrogen-bond acceptors (Lipinski definition) is 3. The number of nitrogens with zero attached hydrogens (tertiary/aromatic N) is 1. The van der Waals surface area contributed by atoms with E-state index in [0.29, 0.717) is 18.2 Å². The van der Waals surface area contributed by atoms with Crippen LogP contribution in [0.25, 0.3) is 0 Å². The summed E-state index contributed by atoms with van der Waals surface area (Å²) >= 11 is 0. The van der Waals surface area contributed by atoms with Gasteiger partial charge in [-0.25, -0.2) is 0 Å². The molecule has 0 amide bonds. The van der Waals surface area contributed by atoms with Gasteiger partial charge in [-0.15, -0.1) is 0 Å². The van der Waals surface area contributed by atoms with E-state index in [1.54, 1.807) is 0 Å². The largest absolute Gasteiger partial charge is 0.378 e. The molecule has 0 aliphatic carbocycles. The van der Waals surface area contributed by atoms with Gasteiger partial charge in [-0.2, -0.15) is 0 Å². The molecule has 1 rings (SSSR count). The van der Waals surface area contributed by atoms with Crippen molar-refractivity contribution >= 4 is 0 Å². The Morgan fingerprint density at radius 2 is 1.84 bits per heavy atom. The highest BCUT2D eigenvalue weighted by Crippen LogP contribution is 2.21. The van der Waals surface area contributed by atoms with Crippen molar-refractivity contribution in [3.63, 3.8) is 0 Å². The summed E-state index contributed by atoms with van der Waals surface area (Å²) in [7, 11) is 0. The Morgan fingerprint density at radius 3 is 2.32 bits per heavy atom. The zero-order chi connectivity index (χ0) is 14.1. The monoisotopic (exact) mass is 270 g/mol. The topological polar surface area (TPSA) is 24.5 Å². The number of likely N-dealkylation sites (N-methyl/N-ethyl adjacent to an activating group) is 1. The maximum atomic E-state index is 5.76. The lowest BCUT2D eigenvalue weighted by Crippen LogP contribution is -2.52. The number of hydrogen-bond donors (Lipinski definition) is 1. The van der Waals surface area contributed by atoms with Gasteiger partial charge in [0.05, 0.1) is 6.10 Å². The van der Waals surface area contributed by atoms with E-state index in [2.05, 4.69) is 37.9 Å². The lowest BCUT2D eigenvalue weighted by Gasteiger charge is -2.41. The molecular weight excluding hydrogens is 236 g/mol. The van der Waals surface area contributed by atoms with Crippen molar-refractivity contribution in [2.45, 2.75) is 78.0 Å². The lowest BCUT2D eigenvalue weighted by atomic mass is 9.96. The molecule has 0 saturated carbocycles. The third kappa shape index (κ3) is 5.41. The van der Waals surface area contributed by atoms with Crippen LogP contribution in [0.2, 0.25) is 0 Å². The average molecular weight is 270 g/mol. The quantitative estimate of drug-likeness (QED) is 0.697. The molecule has 0 aromatic rings. The molecule has 0 bridgehead atoms. The number of rotatable bonds is 9. The van der Waals surface area contributed by atoms with Crippen molar-refractivity contribution < 1.29 is 4.74 Å². The fraction of sp³-hybridized carbons (Fsp3) is 1.00. The highest BCUT2D eigenvalue weighted by molar-refractivity contribution is 4.86. The summed E-state index contributed by atoms with van der Waals surface area (Å²) < 4.78 is 5.76. The lowest BCUT2D eigenvalue weighted by molar-refractivity contribution is -0.00170. The normalized spacial score (nSPS) is 21.5. The van der Waals surface area contributed by atoms with Crippen LogP contribution < -0.4 is 5.32 Å². The molecule has 1 fully saturated rings. The van der Waals surface area contributed by atoms with Crippen LogP contribution >= 0.6 is 0 Å². The molecule has 3 nitrogen and oxygen atoms in total. The fourth-order valence-corrected chi connectivity index (χ4v) is 3.41. The van der Waals surface area contributed by atoms with Crippen LogP contribution in [0.5, 0.6) is 0 Å². The van der Waals surface area contributed by atoms with Gasteiger partial charge in [0.1, 0.15) is 0 Å². The van der Waals surface area contributed by atoms with Crippen LogP contribution in [-0.4, -0.2) is 49.3 Å². The third-order valence-electron chi connectivity index (χ3n) is 4.30. The van der Waals surface area contributed by atoms with Crippen molar-refractivity contribution in [3.05, 3.63) is 0 Å². The Labute approximate surface area is 120 Å². The van der Waals surface area contributed by atoms with Crippen molar-refractivity contribution in [3.8, 4) is 0 Å². The molecule has 2 unspecified atom stereocenters. The van der Waals surface area contributed by atoms with Crippen LogP contribution in [0.15, 0.2) is 0 Å². The number of likely N-dealkylation sites (tertiary alicyclic amines) is 1. The molecule has 1 saturated heterocycles. The predicted molar refractivity (Wildman–Crippen MR) is 82.7 cm³/mol. The molecule has 1 heterocycles. The first-order valence-corrected chi connectivity index (χ1v) is 8.35. The van der Waals surface area contributed by atoms with Crippen LogP contribution in [0.3, 0.4) is 0 Å². The van der Waals surface area contributed by atoms with E-state index < -0.39 is 0 Å². The second kappa shape index (κ2) is 9.73. The van der Waals surface area contributed by atoms with Gasteiger partial charge in [-0.3, -0.25) is 4.90 Å². The van der Waals surface area contributed by atoms with E-state index >= 15 is 0 Å². The first-order chi connectivity index (χ1) is 9.26. The maximum Gasteiger partial charge on any atom is 0.0599 e. The van der Waals surface area contributed by atoms with Gasteiger partial charge in [0.2, 0.25) is 0 Å². The van der Waals surface area contributed by atoms with Crippen LogP contribution in [0, 0.1) is 0 Å². The molecule has 3 heteroatoms. The van der Waals surface area contributed by atoms with E-state index in [0.717, 1.165) is 13.2 Å². The molecule has 114 valence electrons. The maximum absolute atomic E-state index is 5.76. The SMILES string of the molecule is CCCC(NCC)C(CC)N1CCC(OCC)CC1. The highest BCUT2D eigenvalue weighted by Gasteiger charge is 2.28. The van der Waals surface area contributed by atoms with Crippen LogP contribution in [0.4, 0.5) is 0 Å². The molecule has 1 N–H and O–H groups in total. The molecule has 2 atom stereocenters. The summed E-state index contributed by atoms with van der Waals surface area (Å²) in [6.07, 6.45) is 6.71. The van der Waals surface area contributed by atoms with E-state index in [4.69, 9.17) is 4.74 Å². The van der Waals surface area contributed by atoms with Crippen molar-refractivity contribution in [2.24, 2.45) is 0 Å². The molecule has 0 aromatic heterocycles. The van der Waals surface area contributed by atoms with Gasteiger partial charge < -0.3 is 10.1 Å². The summed E-state index contributed by atoms with van der Waals surface area (Å²) in [5.41, 5.74) is 0. The Hall–Kier alpha value is -0.120. The van der Waals surface area contributed by atoms with Crippen molar-refractivity contribution in [1.82, 2.24) is 10.2 Å². The molecule has 19 heavy (non-hydrogen) atoms. The Balaban J connectivity index is 2.49. The fourth-order valence-electron chi connectivity index (χ4n) is 3.41. The minimum absolute atomic E-state index is 0.502. The minimum Gasteiger partial charge on any atom is -0.378 e. The molecule has 0 spiro atoms. The predicted octanol–water partition coefficient (Wildman–Crippen LogP) is 3.04. The van der Waals surface area contributed by atoms with E-state index in [1.165, 1.54) is 45.2 Å². The van der Waals surface area contributed by atoms with E-state index in [1.807, 2.05) is 0 Å². The smallest absolute Gasteiger partial charge is 0.0599 e. The van der Waals surface area contributed by atoms with Gasteiger partial charge in [0.15, 0.2) is 0 Å². The van der Waals surface area contributed by atoms with Gasteiger partial charge in [-0.1, -0.05) is 27.2 Å². The van der Waals surface area contributed by atoms with Gasteiger partial charge in [0, 0.05) is 31.8 Å². The number of nitrogens with one attached hydrogen (secondary N) is 1. The number of ether oxygens (including phenoxy) is 1. The summed E-state index contributed by atoms with van der Waals surface area (Å²) in [4.78, 5) is 2.69. The summed E-state index contributed by atoms with van der Waals surface area (Å²) in [6.45, 7) is 13.3. The van der Waals surface area contributed by atoms with Crippen molar-refractivity contribution in [2.75, 3.05) is 26.2 Å². The van der Waals surface area contributed by atoms with Crippen LogP contribution in [-0.2, 0) is 4.74 Å². The minimum atomic E-state index is 0.502. The first-order valence-electron chi connectivity index (χ1n) is 8.35. The highest BCUT2D eigenvalue weighted by atomic mass is 16.5. The Morgan fingerprint density at radius 1 is 1.16 bits per heavy atom. The molecular formula is C16H34N2O. The average Bonchev–Trinajstić information content (AvgIpc) is 2.42. The van der Waals surface area contributed by atoms with E-state index in [-0.39, 0.29) is 0 Å². The summed E-state index contributed by atoms with van der Waals surface area (Å²) in [5.74, 6) is 0. The summed E-state index contributed by atoms with van der Waals surface area (Å²) in [6, 6.07) is 1.35. The van der Waals surface area contributed by atoms with Crippen molar-refractivity contribution in [1.29, 1.82) is 0 Å². The van der Waals surface area contributed by atoms with Gasteiger partial charge in [0.25, 0.3) is 0 Å². The Bertz CT molecular complexity index is 209. The van der Waals surface area contributed by atoms with Gasteiger partial charge >= 0.3 is 0 Å². The molecule has 0 radical (unpaired) electrons. The van der Waals surface area contributed by atoms with Crippen LogP contribution in [0.1, 0.15) is 59.8 Å². The molecule has 1 aliphatic rings. The summed E-state index contributed by atoms with van der Waals surface area (Å²) in [5, 5.41) is 3.70. The Kier molecular flexibility index (Phi) is 8.67. The second-order valence-corrected chi connectivity index (χ2v) is 5.62. The standard InChI is InChI=1S/C16H34N2O/c1-5-9-15(17-7-3)16(6-2)18-12-10-14(11-13-18)19-8-4/h14-17H,5-13H2,1-4H3. The third-order valence-corrected chi connectivity index (χ3v) is 4.30. The zero-order valence-electron chi connectivity index (χ0n) is 13.5. The van der Waals surface area contributed by atoms with E-state index in [9.17, 15) is 0 Å². The molecule has 1 aliphatic heterocycles. The number of piperidine rings is 1. The van der Waals surface area contributed by atoms with Gasteiger partial charge in [-0.05, 0) is 39.2 Å².